The largest absolute Gasteiger partial charge is 0.340 e. The fourth-order valence-corrected chi connectivity index (χ4v) is 7.15. The van der Waals surface area contributed by atoms with Gasteiger partial charge in [-0.2, -0.15) is 5.10 Å². The van der Waals surface area contributed by atoms with E-state index in [2.05, 4.69) is 63.4 Å². The fourth-order valence-electron chi connectivity index (χ4n) is 7.15. The standard InChI is InChI=1S/C31H41N5O2/c1-5-6-19-36-29(38)30(4,25-15-11-8-12-16-25)32-28(37)31(36)17-20-35(21-18-31)27(24-13-9-7-10-14-24)26-22(2)33-34-23(26)3/h7,9-10,13-14,25,27H,8,11-12,15-21H2,1-4H3,(H,32,37)(H,33,34)/t27?,30-/m0/s1. The van der Waals surface area contributed by atoms with Crippen molar-refractivity contribution in [2.45, 2.75) is 89.8 Å². The summed E-state index contributed by atoms with van der Waals surface area (Å²) >= 11 is 0. The van der Waals surface area contributed by atoms with Crippen molar-refractivity contribution in [2.24, 2.45) is 5.92 Å². The number of nitrogens with zero attached hydrogens (tertiary/aromatic N) is 3. The van der Waals surface area contributed by atoms with Gasteiger partial charge in [-0.15, -0.1) is 5.92 Å². The van der Waals surface area contributed by atoms with Gasteiger partial charge in [-0.3, -0.25) is 19.6 Å². The van der Waals surface area contributed by atoms with E-state index in [0.717, 1.165) is 37.1 Å². The molecule has 2 N–H and O–H groups in total. The monoisotopic (exact) mass is 515 g/mol. The Morgan fingerprint density at radius 3 is 2.37 bits per heavy atom. The van der Waals surface area contributed by atoms with Crippen LogP contribution in [-0.4, -0.2) is 62.5 Å². The summed E-state index contributed by atoms with van der Waals surface area (Å²) in [7, 11) is 0. The van der Waals surface area contributed by atoms with Crippen LogP contribution in [0.1, 0.15) is 87.3 Å². The second kappa shape index (κ2) is 10.6. The molecule has 202 valence electrons. The Kier molecular flexibility index (Phi) is 7.37. The minimum absolute atomic E-state index is 0.00494. The van der Waals surface area contributed by atoms with Crippen molar-refractivity contribution in [2.75, 3.05) is 19.6 Å². The fraction of sp³-hybridized carbons (Fsp3) is 0.581. The van der Waals surface area contributed by atoms with E-state index >= 15 is 0 Å². The lowest BCUT2D eigenvalue weighted by atomic mass is 9.70. The van der Waals surface area contributed by atoms with Crippen molar-refractivity contribution in [3.8, 4) is 11.8 Å². The summed E-state index contributed by atoms with van der Waals surface area (Å²) < 4.78 is 0. The average Bonchev–Trinajstić information content (AvgIpc) is 3.27. The third kappa shape index (κ3) is 4.43. The number of piperidine rings is 1. The van der Waals surface area contributed by atoms with Crippen molar-refractivity contribution in [1.82, 2.24) is 25.3 Å². The summed E-state index contributed by atoms with van der Waals surface area (Å²) in [6.07, 6.45) is 6.57. The van der Waals surface area contributed by atoms with Gasteiger partial charge in [0.25, 0.3) is 0 Å². The van der Waals surface area contributed by atoms with Crippen LogP contribution in [-0.2, 0) is 9.59 Å². The Labute approximate surface area is 226 Å². The van der Waals surface area contributed by atoms with Crippen LogP contribution >= 0.6 is 0 Å². The third-order valence-corrected chi connectivity index (χ3v) is 9.40. The van der Waals surface area contributed by atoms with Gasteiger partial charge in [0.05, 0.1) is 18.3 Å². The number of aromatic nitrogens is 2. The molecule has 7 nitrogen and oxygen atoms in total. The molecule has 1 aromatic carbocycles. The number of carbonyl (C=O) groups is 2. The lowest BCUT2D eigenvalue weighted by molar-refractivity contribution is -0.168. The van der Waals surface area contributed by atoms with Gasteiger partial charge in [0.2, 0.25) is 11.8 Å². The smallest absolute Gasteiger partial charge is 0.250 e. The van der Waals surface area contributed by atoms with E-state index in [0.29, 0.717) is 32.5 Å². The highest BCUT2D eigenvalue weighted by atomic mass is 16.2. The molecule has 0 radical (unpaired) electrons. The van der Waals surface area contributed by atoms with E-state index in [1.807, 2.05) is 24.8 Å². The summed E-state index contributed by atoms with van der Waals surface area (Å²) in [4.78, 5) is 32.5. The highest BCUT2D eigenvalue weighted by Crippen LogP contribution is 2.43. The molecule has 2 amide bonds. The van der Waals surface area contributed by atoms with Crippen molar-refractivity contribution in [3.63, 3.8) is 0 Å². The molecule has 1 aliphatic carbocycles. The van der Waals surface area contributed by atoms with Crippen LogP contribution in [0.25, 0.3) is 0 Å². The number of piperazine rings is 1. The Morgan fingerprint density at radius 2 is 1.76 bits per heavy atom. The Hall–Kier alpha value is -3.11. The highest BCUT2D eigenvalue weighted by Gasteiger charge is 2.59. The van der Waals surface area contributed by atoms with E-state index in [1.54, 1.807) is 6.92 Å². The first kappa shape index (κ1) is 26.5. The molecule has 3 heterocycles. The maximum atomic E-state index is 14.2. The number of benzene rings is 1. The number of rotatable bonds is 5. The topological polar surface area (TPSA) is 81.3 Å². The van der Waals surface area contributed by atoms with Crippen LogP contribution in [0, 0.1) is 31.6 Å². The van der Waals surface area contributed by atoms with Crippen molar-refractivity contribution < 1.29 is 9.59 Å². The van der Waals surface area contributed by atoms with Gasteiger partial charge in [-0.05, 0) is 64.9 Å². The number of carbonyl (C=O) groups excluding carboxylic acids is 2. The molecule has 3 fully saturated rings. The van der Waals surface area contributed by atoms with Gasteiger partial charge in [0.15, 0.2) is 0 Å². The molecule has 3 aliphatic rings. The van der Waals surface area contributed by atoms with Gasteiger partial charge in [-0.25, -0.2) is 0 Å². The zero-order valence-electron chi connectivity index (χ0n) is 23.3. The van der Waals surface area contributed by atoms with Gasteiger partial charge in [-0.1, -0.05) is 55.5 Å². The van der Waals surface area contributed by atoms with Crippen LogP contribution in [0.5, 0.6) is 0 Å². The van der Waals surface area contributed by atoms with E-state index in [9.17, 15) is 9.59 Å². The summed E-state index contributed by atoms with van der Waals surface area (Å²) in [5.74, 6) is 6.31. The Bertz CT molecular complexity index is 1210. The molecule has 38 heavy (non-hydrogen) atoms. The van der Waals surface area contributed by atoms with Crippen molar-refractivity contribution >= 4 is 11.8 Å². The molecule has 2 aromatic rings. The number of aryl methyl sites for hydroxylation is 2. The summed E-state index contributed by atoms with van der Waals surface area (Å²) in [6, 6.07) is 10.5. The van der Waals surface area contributed by atoms with Crippen LogP contribution in [0.15, 0.2) is 30.3 Å². The lowest BCUT2D eigenvalue weighted by Crippen LogP contribution is -2.78. The highest BCUT2D eigenvalue weighted by molar-refractivity contribution is 6.02. The number of hydrogen-bond acceptors (Lipinski definition) is 4. The molecule has 2 aliphatic heterocycles. The molecule has 2 saturated heterocycles. The molecule has 2 atom stereocenters. The summed E-state index contributed by atoms with van der Waals surface area (Å²) in [5, 5.41) is 10.9. The number of hydrogen-bond donors (Lipinski definition) is 2. The van der Waals surface area contributed by atoms with E-state index in [-0.39, 0.29) is 23.8 Å². The molecular weight excluding hydrogens is 474 g/mol. The SMILES string of the molecule is CC#CCN1C(=O)[C@](C)(C2CCCCC2)NC(=O)C12CCN(C(c1ccccc1)c1c(C)n[nH]c1C)CC2. The third-order valence-electron chi connectivity index (χ3n) is 9.40. The average molecular weight is 516 g/mol. The molecule has 1 saturated carbocycles. The van der Waals surface area contributed by atoms with Crippen molar-refractivity contribution in [1.29, 1.82) is 0 Å². The van der Waals surface area contributed by atoms with E-state index in [4.69, 9.17) is 0 Å². The molecular formula is C31H41N5O2. The second-order valence-corrected chi connectivity index (χ2v) is 11.5. The first-order chi connectivity index (χ1) is 18.3. The number of aromatic amines is 1. The predicted molar refractivity (Wildman–Crippen MR) is 148 cm³/mol. The number of H-pyrrole nitrogens is 1. The minimum Gasteiger partial charge on any atom is -0.340 e. The van der Waals surface area contributed by atoms with E-state index in [1.165, 1.54) is 17.5 Å². The van der Waals surface area contributed by atoms with Gasteiger partial charge in [0.1, 0.15) is 11.1 Å². The number of likely N-dealkylation sites (tertiary alicyclic amines) is 1. The minimum atomic E-state index is -0.868. The Morgan fingerprint density at radius 1 is 1.08 bits per heavy atom. The molecule has 1 aromatic heterocycles. The van der Waals surface area contributed by atoms with Crippen LogP contribution < -0.4 is 5.32 Å². The van der Waals surface area contributed by atoms with Crippen LogP contribution in [0.3, 0.4) is 0 Å². The molecule has 7 heteroatoms. The van der Waals surface area contributed by atoms with Crippen LogP contribution in [0.4, 0.5) is 0 Å². The van der Waals surface area contributed by atoms with E-state index < -0.39 is 11.1 Å². The molecule has 0 bridgehead atoms. The second-order valence-electron chi connectivity index (χ2n) is 11.5. The Balaban J connectivity index is 1.45. The summed E-state index contributed by atoms with van der Waals surface area (Å²) in [5.41, 5.74) is 2.73. The zero-order valence-corrected chi connectivity index (χ0v) is 23.3. The molecule has 5 rings (SSSR count). The number of amides is 2. The maximum Gasteiger partial charge on any atom is 0.250 e. The lowest BCUT2D eigenvalue weighted by Gasteiger charge is -2.56. The zero-order chi connectivity index (χ0) is 26.9. The summed E-state index contributed by atoms with van der Waals surface area (Å²) in [6.45, 7) is 9.55. The molecule has 1 unspecified atom stereocenters. The van der Waals surface area contributed by atoms with Gasteiger partial charge >= 0.3 is 0 Å². The number of nitrogens with one attached hydrogen (secondary N) is 2. The first-order valence-corrected chi connectivity index (χ1v) is 14.2. The first-order valence-electron chi connectivity index (χ1n) is 14.2. The molecule has 1 spiro atoms. The van der Waals surface area contributed by atoms with Crippen molar-refractivity contribution in [3.05, 3.63) is 52.8 Å². The normalized spacial score (nSPS) is 25.1. The van der Waals surface area contributed by atoms with Gasteiger partial charge in [0, 0.05) is 24.3 Å². The van der Waals surface area contributed by atoms with Crippen LogP contribution in [0.2, 0.25) is 0 Å². The predicted octanol–water partition coefficient (Wildman–Crippen LogP) is 4.27. The maximum absolute atomic E-state index is 14.2. The quantitative estimate of drug-likeness (QED) is 0.583. The van der Waals surface area contributed by atoms with Gasteiger partial charge < -0.3 is 10.2 Å².